The SMILES string of the molecule is C=CC(=O)N1CC[C@@H](n2c(=O)n(-c3ccc(OCc4cc(F)ccc4F)cc3)c3cnccc32)C1.C=CC(=O)N1CC[C@@H](n2c(=O)n(-c3ccc(OCc4ccc(C)cc4Cl)c(Cl)c3)c3cnccc32)C1.C=CC(=O)N1CC[C@@H](n2c(=O)n(-c3ccc(OCc4cccc(C)c4)cc3)c3cnccc32)C1.C=CC(=O)N1CC[C@@H](n2c(=O)n(-c3ccc(OCc4ccccc4C)cc3)c3cnccc32)C1. The quantitative estimate of drug-likeness (QED) is 0.0508. The molecule has 139 heavy (non-hydrogen) atoms. The van der Waals surface area contributed by atoms with Crippen molar-refractivity contribution in [2.45, 2.75) is 97.0 Å². The largest absolute Gasteiger partial charge is 0.489 e. The van der Waals surface area contributed by atoms with E-state index in [4.69, 9.17) is 42.1 Å². The van der Waals surface area contributed by atoms with Crippen LogP contribution in [-0.4, -0.2) is 152 Å². The molecule has 20 rings (SSSR count). The molecule has 16 aromatic rings. The van der Waals surface area contributed by atoms with Crippen LogP contribution < -0.4 is 41.7 Å². The van der Waals surface area contributed by atoms with Crippen molar-refractivity contribution in [2.24, 2.45) is 0 Å². The van der Waals surface area contributed by atoms with Crippen LogP contribution in [0.1, 0.15) is 88.8 Å². The summed E-state index contributed by atoms with van der Waals surface area (Å²) in [6.45, 7) is 25.6. The summed E-state index contributed by atoms with van der Waals surface area (Å²) in [4.78, 5) is 126. The van der Waals surface area contributed by atoms with E-state index < -0.39 is 11.6 Å². The van der Waals surface area contributed by atoms with E-state index in [-0.39, 0.29) is 89.3 Å². The van der Waals surface area contributed by atoms with Crippen molar-refractivity contribution in [3.63, 3.8) is 0 Å². The first-order valence-corrected chi connectivity index (χ1v) is 46.0. The Morgan fingerprint density at radius 2 is 0.727 bits per heavy atom. The van der Waals surface area contributed by atoms with Crippen LogP contribution in [0.4, 0.5) is 8.78 Å². The van der Waals surface area contributed by atoms with E-state index in [9.17, 15) is 47.1 Å². The van der Waals surface area contributed by atoms with Crippen molar-refractivity contribution in [1.29, 1.82) is 0 Å². The maximum Gasteiger partial charge on any atom is 0.334 e. The first-order valence-electron chi connectivity index (χ1n) is 45.3. The van der Waals surface area contributed by atoms with Crippen molar-refractivity contribution in [3.8, 4) is 45.7 Å². The highest BCUT2D eigenvalue weighted by Crippen LogP contribution is 2.36. The lowest BCUT2D eigenvalue weighted by Gasteiger charge is -2.15. The number of aromatic nitrogens is 12. The number of rotatable bonds is 24. The standard InChI is InChI=1S/C27H24Cl2N4O3.2C27H26N4O3.C26H22F2N4O3/c1-3-26(34)31-11-9-20(15-31)33-23-8-10-30-14-24(23)32(27(33)35)19-6-7-25(22(29)13-19)36-16-18-5-4-17(2)12-21(18)28;1-3-26(32)29-14-12-22(17-29)31-24-11-13-28-16-25(24)30(27(31)33)21-7-9-23(10-8-21)34-18-20-6-4-5-19(2)15-20;1-3-26(32)29-15-13-22(17-29)31-24-12-14-28-16-25(24)30(27(31)33)21-8-10-23(11-9-21)34-18-20-7-5-4-6-19(20)2;1-2-25(33)30-12-10-20(15-30)32-23-9-11-29-14-24(23)31(26(32)34)19-4-6-21(7-5-19)35-16-17-13-18(27)3-8-22(17)28/h3-8,10,12-14,20H,1,9,11,15-16H2,2H3;3-11,13,15-16,22H,1,12,14,17-18H2,2H3;3-12,14,16,22H,1,13,15,17-18H2,2H3;2-9,11,13-14,20H,1,10,12,15-16H2/t20-;2*22-;20-/m1111/s1. The number of ether oxygens (including phenoxy) is 4. The van der Waals surface area contributed by atoms with Gasteiger partial charge in [0.2, 0.25) is 23.6 Å². The molecule has 8 aromatic heterocycles. The zero-order valence-electron chi connectivity index (χ0n) is 76.5. The Balaban J connectivity index is 0.000000128. The molecule has 4 atom stereocenters. The van der Waals surface area contributed by atoms with Gasteiger partial charge in [0, 0.05) is 93.3 Å². The molecule has 4 saturated heterocycles. The van der Waals surface area contributed by atoms with Gasteiger partial charge in [-0.1, -0.05) is 116 Å². The fourth-order valence-corrected chi connectivity index (χ4v) is 18.8. The van der Waals surface area contributed by atoms with E-state index in [1.165, 1.54) is 35.4 Å². The molecule has 0 spiro atoms. The lowest BCUT2D eigenvalue weighted by atomic mass is 10.1. The number of fused-ring (bicyclic) bond motifs is 4. The number of pyridine rings is 4. The number of carbonyl (C=O) groups is 4. The van der Waals surface area contributed by atoms with Gasteiger partial charge >= 0.3 is 22.8 Å². The highest BCUT2D eigenvalue weighted by Gasteiger charge is 2.36. The van der Waals surface area contributed by atoms with Gasteiger partial charge in [0.15, 0.2) is 0 Å². The highest BCUT2D eigenvalue weighted by molar-refractivity contribution is 6.32. The second-order valence-electron chi connectivity index (χ2n) is 34.1. The molecule has 0 radical (unpaired) electrons. The average molecular weight is 1910 g/mol. The van der Waals surface area contributed by atoms with Gasteiger partial charge in [-0.25, -0.2) is 28.0 Å². The van der Waals surface area contributed by atoms with E-state index in [0.29, 0.717) is 135 Å². The van der Waals surface area contributed by atoms with Gasteiger partial charge in [-0.05, 0) is 233 Å². The first kappa shape index (κ1) is 94.7. The number of hydrogen-bond acceptors (Lipinski definition) is 16. The van der Waals surface area contributed by atoms with Gasteiger partial charge in [-0.15, -0.1) is 0 Å². The van der Waals surface area contributed by atoms with Crippen LogP contribution in [0.2, 0.25) is 10.0 Å². The number of benzene rings is 8. The van der Waals surface area contributed by atoms with Gasteiger partial charge in [0.1, 0.15) is 61.1 Å². The number of amides is 4. The summed E-state index contributed by atoms with van der Waals surface area (Å²) in [7, 11) is 0. The molecule has 4 amide bonds. The third-order valence-corrected chi connectivity index (χ3v) is 26.0. The zero-order valence-corrected chi connectivity index (χ0v) is 78.0. The number of nitrogens with zero attached hydrogens (tertiary/aromatic N) is 16. The van der Waals surface area contributed by atoms with Crippen molar-refractivity contribution in [2.75, 3.05) is 52.4 Å². The summed E-state index contributed by atoms with van der Waals surface area (Å²) in [5, 5.41) is 1.01. The molecular weight excluding hydrogens is 1810 g/mol. The number of likely N-dealkylation sites (tertiary alicyclic amines) is 4. The third-order valence-electron chi connectivity index (χ3n) is 25.4. The second kappa shape index (κ2) is 42.0. The molecule has 0 N–H and O–H groups in total. The maximum absolute atomic E-state index is 13.9. The summed E-state index contributed by atoms with van der Waals surface area (Å²) in [6, 6.07) is 59.2. The predicted molar refractivity (Wildman–Crippen MR) is 530 cm³/mol. The Kier molecular flexibility index (Phi) is 28.6. The summed E-state index contributed by atoms with van der Waals surface area (Å²) in [6.07, 6.45) is 21.4. The molecule has 4 aliphatic heterocycles. The normalized spacial score (nSPS) is 15.5. The molecule has 32 heteroatoms. The third kappa shape index (κ3) is 20.3. The van der Waals surface area contributed by atoms with Crippen LogP contribution in [0.25, 0.3) is 66.9 Å². The van der Waals surface area contributed by atoms with Gasteiger partial charge in [0.25, 0.3) is 0 Å². The van der Waals surface area contributed by atoms with Crippen molar-refractivity contribution < 1.29 is 46.9 Å². The van der Waals surface area contributed by atoms with Crippen LogP contribution >= 0.6 is 23.2 Å². The first-order chi connectivity index (χ1) is 67.4. The number of halogens is 4. The summed E-state index contributed by atoms with van der Waals surface area (Å²) >= 11 is 12.9. The smallest absolute Gasteiger partial charge is 0.334 e. The second-order valence-corrected chi connectivity index (χ2v) is 34.9. The maximum atomic E-state index is 13.9. The molecule has 0 aliphatic carbocycles. The molecule has 4 aliphatic rings. The van der Waals surface area contributed by atoms with Crippen molar-refractivity contribution in [1.82, 2.24) is 76.1 Å². The van der Waals surface area contributed by atoms with Gasteiger partial charge in [0.05, 0.1) is 121 Å². The molecule has 0 unspecified atom stereocenters. The molecule has 8 aromatic carbocycles. The zero-order chi connectivity index (χ0) is 97.2. The molecule has 4 fully saturated rings. The van der Waals surface area contributed by atoms with Crippen LogP contribution in [0.3, 0.4) is 0 Å². The minimum absolute atomic E-state index is 0.0977. The van der Waals surface area contributed by atoms with Gasteiger partial charge in [-0.2, -0.15) is 0 Å². The number of hydrogen-bond donors (Lipinski definition) is 0. The van der Waals surface area contributed by atoms with Gasteiger partial charge in [-0.3, -0.25) is 75.7 Å². The Morgan fingerprint density at radius 1 is 0.360 bits per heavy atom. The fourth-order valence-electron chi connectivity index (χ4n) is 18.3. The fraction of sp³-hybridized carbons (Fsp3) is 0.215. The molecule has 0 bridgehead atoms. The predicted octanol–water partition coefficient (Wildman–Crippen LogP) is 17.4. The summed E-state index contributed by atoms with van der Waals surface area (Å²) in [5.41, 5.74) is 14.4. The summed E-state index contributed by atoms with van der Waals surface area (Å²) in [5.74, 6) is 0.808. The van der Waals surface area contributed by atoms with Gasteiger partial charge < -0.3 is 38.5 Å². The van der Waals surface area contributed by atoms with E-state index in [1.54, 1.807) is 154 Å². The van der Waals surface area contributed by atoms with E-state index >= 15 is 0 Å². The monoisotopic (exact) mass is 1910 g/mol. The molecule has 0 saturated carbocycles. The molecule has 28 nitrogen and oxygen atoms in total. The van der Waals surface area contributed by atoms with E-state index in [1.807, 2.05) is 116 Å². The summed E-state index contributed by atoms with van der Waals surface area (Å²) < 4.78 is 64.2. The average Bonchev–Trinajstić information content (AvgIpc) is 1.62. The molecular formula is C107H98Cl2F2N16O12. The number of imidazole rings is 4. The molecule has 12 heterocycles. The van der Waals surface area contributed by atoms with Crippen molar-refractivity contribution >= 4 is 91.0 Å². The van der Waals surface area contributed by atoms with Crippen LogP contribution in [0, 0.1) is 32.4 Å². The van der Waals surface area contributed by atoms with Crippen LogP contribution in [-0.2, 0) is 45.6 Å². The highest BCUT2D eigenvalue weighted by atomic mass is 35.5. The Hall–Kier alpha value is -16.1. The Labute approximate surface area is 807 Å². The Morgan fingerprint density at radius 3 is 1.11 bits per heavy atom. The topological polar surface area (TPSA) is 277 Å². The minimum atomic E-state index is -0.546. The lowest BCUT2D eigenvalue weighted by molar-refractivity contribution is -0.125. The minimum Gasteiger partial charge on any atom is -0.489 e. The Bertz CT molecular complexity index is 7650. The lowest BCUT2D eigenvalue weighted by Crippen LogP contribution is -2.31. The van der Waals surface area contributed by atoms with Crippen molar-refractivity contribution in [3.05, 3.63) is 403 Å². The van der Waals surface area contributed by atoms with Crippen LogP contribution in [0.15, 0.2) is 320 Å². The number of carbonyl (C=O) groups excluding carboxylic acids is 4. The molecule has 706 valence electrons. The van der Waals surface area contributed by atoms with E-state index in [2.05, 4.69) is 84.4 Å². The number of aryl methyl sites for hydroxylation is 3. The van der Waals surface area contributed by atoms with E-state index in [0.717, 1.165) is 96.4 Å². The van der Waals surface area contributed by atoms with Crippen LogP contribution in [0.5, 0.6) is 23.0 Å².